The van der Waals surface area contributed by atoms with Crippen LogP contribution in [0.25, 0.3) is 0 Å². The molecule has 0 aliphatic heterocycles. The standard InChI is InChI=1S/C9H20O4/c1-8(5-10-3)12-7-13-9(2)6-11-4/h8-9H,5-7H2,1-4H3. The van der Waals surface area contributed by atoms with E-state index in [9.17, 15) is 0 Å². The fourth-order valence-electron chi connectivity index (χ4n) is 0.837. The van der Waals surface area contributed by atoms with Gasteiger partial charge >= 0.3 is 0 Å². The molecule has 0 aliphatic carbocycles. The summed E-state index contributed by atoms with van der Waals surface area (Å²) in [4.78, 5) is 0. The number of methoxy groups -OCH3 is 2. The summed E-state index contributed by atoms with van der Waals surface area (Å²) in [7, 11) is 3.29. The molecular weight excluding hydrogens is 172 g/mol. The van der Waals surface area contributed by atoms with E-state index in [-0.39, 0.29) is 19.0 Å². The van der Waals surface area contributed by atoms with Crippen molar-refractivity contribution in [2.45, 2.75) is 26.1 Å². The Labute approximate surface area is 80.1 Å². The Kier molecular flexibility index (Phi) is 8.33. The van der Waals surface area contributed by atoms with Gasteiger partial charge < -0.3 is 18.9 Å². The van der Waals surface area contributed by atoms with Gasteiger partial charge in [0, 0.05) is 14.2 Å². The van der Waals surface area contributed by atoms with E-state index in [4.69, 9.17) is 18.9 Å². The van der Waals surface area contributed by atoms with E-state index in [1.165, 1.54) is 0 Å². The van der Waals surface area contributed by atoms with E-state index < -0.39 is 0 Å². The van der Waals surface area contributed by atoms with Crippen LogP contribution < -0.4 is 0 Å². The molecule has 4 nitrogen and oxygen atoms in total. The van der Waals surface area contributed by atoms with E-state index in [1.54, 1.807) is 14.2 Å². The summed E-state index contributed by atoms with van der Waals surface area (Å²) >= 11 is 0. The second-order valence-corrected chi connectivity index (χ2v) is 2.98. The zero-order chi connectivity index (χ0) is 10.1. The first kappa shape index (κ1) is 12.8. The van der Waals surface area contributed by atoms with Crippen molar-refractivity contribution in [2.75, 3.05) is 34.2 Å². The quantitative estimate of drug-likeness (QED) is 0.539. The molecule has 0 aromatic heterocycles. The van der Waals surface area contributed by atoms with E-state index in [1.807, 2.05) is 13.8 Å². The van der Waals surface area contributed by atoms with Crippen molar-refractivity contribution in [3.8, 4) is 0 Å². The minimum absolute atomic E-state index is 0.0692. The van der Waals surface area contributed by atoms with Crippen LogP contribution in [-0.4, -0.2) is 46.4 Å². The van der Waals surface area contributed by atoms with Gasteiger partial charge in [0.05, 0.1) is 25.4 Å². The smallest absolute Gasteiger partial charge is 0.147 e. The third kappa shape index (κ3) is 8.18. The van der Waals surface area contributed by atoms with Gasteiger partial charge in [-0.3, -0.25) is 0 Å². The maximum absolute atomic E-state index is 5.30. The summed E-state index contributed by atoms with van der Waals surface area (Å²) < 4.78 is 20.4. The molecule has 0 N–H and O–H groups in total. The molecule has 0 heterocycles. The summed E-state index contributed by atoms with van der Waals surface area (Å²) in [5, 5.41) is 0. The molecule has 0 spiro atoms. The van der Waals surface area contributed by atoms with Gasteiger partial charge in [-0.25, -0.2) is 0 Å². The van der Waals surface area contributed by atoms with Crippen molar-refractivity contribution in [2.24, 2.45) is 0 Å². The molecule has 80 valence electrons. The van der Waals surface area contributed by atoms with Gasteiger partial charge in [-0.05, 0) is 13.8 Å². The van der Waals surface area contributed by atoms with E-state index >= 15 is 0 Å². The zero-order valence-corrected chi connectivity index (χ0v) is 8.91. The van der Waals surface area contributed by atoms with Crippen LogP contribution in [0.5, 0.6) is 0 Å². The summed E-state index contributed by atoms with van der Waals surface area (Å²) in [6.45, 7) is 5.33. The van der Waals surface area contributed by atoms with Gasteiger partial charge in [-0.15, -0.1) is 0 Å². The lowest BCUT2D eigenvalue weighted by Crippen LogP contribution is -2.21. The third-order valence-corrected chi connectivity index (χ3v) is 1.51. The number of ether oxygens (including phenoxy) is 4. The Morgan fingerprint density at radius 2 is 1.23 bits per heavy atom. The van der Waals surface area contributed by atoms with Gasteiger partial charge in [-0.2, -0.15) is 0 Å². The lowest BCUT2D eigenvalue weighted by molar-refractivity contribution is -0.131. The molecule has 0 radical (unpaired) electrons. The third-order valence-electron chi connectivity index (χ3n) is 1.51. The van der Waals surface area contributed by atoms with Crippen molar-refractivity contribution >= 4 is 0 Å². The molecule has 0 aliphatic rings. The average molecular weight is 192 g/mol. The highest BCUT2D eigenvalue weighted by molar-refractivity contribution is 4.46. The predicted octanol–water partition coefficient (Wildman–Crippen LogP) is 1.05. The number of hydrogen-bond donors (Lipinski definition) is 0. The van der Waals surface area contributed by atoms with Crippen LogP contribution in [0.1, 0.15) is 13.8 Å². The van der Waals surface area contributed by atoms with Gasteiger partial charge in [0.1, 0.15) is 6.79 Å². The highest BCUT2D eigenvalue weighted by Crippen LogP contribution is 1.95. The maximum Gasteiger partial charge on any atom is 0.147 e. The summed E-state index contributed by atoms with van der Waals surface area (Å²) in [5.41, 5.74) is 0. The number of rotatable bonds is 8. The molecule has 13 heavy (non-hydrogen) atoms. The first-order valence-electron chi connectivity index (χ1n) is 4.41. The summed E-state index contributed by atoms with van der Waals surface area (Å²) in [5.74, 6) is 0. The lowest BCUT2D eigenvalue weighted by Gasteiger charge is -2.15. The van der Waals surface area contributed by atoms with Gasteiger partial charge in [0.25, 0.3) is 0 Å². The highest BCUT2D eigenvalue weighted by Gasteiger charge is 2.03. The first-order chi connectivity index (χ1) is 6.20. The lowest BCUT2D eigenvalue weighted by atomic mass is 10.4. The Balaban J connectivity index is 3.23. The van der Waals surface area contributed by atoms with Crippen LogP contribution >= 0.6 is 0 Å². The molecule has 0 aromatic carbocycles. The van der Waals surface area contributed by atoms with Crippen molar-refractivity contribution in [1.29, 1.82) is 0 Å². The predicted molar refractivity (Wildman–Crippen MR) is 49.7 cm³/mol. The monoisotopic (exact) mass is 192 g/mol. The molecule has 2 atom stereocenters. The molecule has 0 saturated heterocycles. The highest BCUT2D eigenvalue weighted by atomic mass is 16.7. The Hall–Kier alpha value is -0.160. The average Bonchev–Trinajstić information content (AvgIpc) is 2.05. The zero-order valence-electron chi connectivity index (χ0n) is 8.91. The SMILES string of the molecule is COCC(C)OCOC(C)COC. The molecule has 0 rings (SSSR count). The Morgan fingerprint density at radius 1 is 0.846 bits per heavy atom. The van der Waals surface area contributed by atoms with Crippen LogP contribution in [0.15, 0.2) is 0 Å². The van der Waals surface area contributed by atoms with Crippen LogP contribution in [-0.2, 0) is 18.9 Å². The molecule has 0 saturated carbocycles. The molecule has 0 amide bonds. The fraction of sp³-hybridized carbons (Fsp3) is 1.00. The molecule has 0 fully saturated rings. The van der Waals surface area contributed by atoms with E-state index in [0.29, 0.717) is 13.2 Å². The minimum atomic E-state index is 0.0692. The molecule has 2 unspecified atom stereocenters. The topological polar surface area (TPSA) is 36.9 Å². The van der Waals surface area contributed by atoms with E-state index in [0.717, 1.165) is 0 Å². The fourth-order valence-corrected chi connectivity index (χ4v) is 0.837. The number of hydrogen-bond acceptors (Lipinski definition) is 4. The maximum atomic E-state index is 5.30. The second-order valence-electron chi connectivity index (χ2n) is 2.98. The molecule has 4 heteroatoms. The summed E-state index contributed by atoms with van der Waals surface area (Å²) in [6, 6.07) is 0. The molecule has 0 aromatic rings. The first-order valence-corrected chi connectivity index (χ1v) is 4.41. The van der Waals surface area contributed by atoms with Crippen molar-refractivity contribution in [3.05, 3.63) is 0 Å². The van der Waals surface area contributed by atoms with Crippen LogP contribution in [0.4, 0.5) is 0 Å². The minimum Gasteiger partial charge on any atom is -0.382 e. The van der Waals surface area contributed by atoms with Crippen LogP contribution in [0, 0.1) is 0 Å². The van der Waals surface area contributed by atoms with Gasteiger partial charge in [0.15, 0.2) is 0 Å². The normalized spacial score (nSPS) is 15.7. The Morgan fingerprint density at radius 3 is 1.54 bits per heavy atom. The van der Waals surface area contributed by atoms with E-state index in [2.05, 4.69) is 0 Å². The molecule has 0 bridgehead atoms. The second kappa shape index (κ2) is 8.44. The largest absolute Gasteiger partial charge is 0.382 e. The van der Waals surface area contributed by atoms with Crippen LogP contribution in [0.2, 0.25) is 0 Å². The van der Waals surface area contributed by atoms with Gasteiger partial charge in [-0.1, -0.05) is 0 Å². The van der Waals surface area contributed by atoms with Crippen molar-refractivity contribution < 1.29 is 18.9 Å². The van der Waals surface area contributed by atoms with Gasteiger partial charge in [0.2, 0.25) is 0 Å². The van der Waals surface area contributed by atoms with Crippen molar-refractivity contribution in [1.82, 2.24) is 0 Å². The van der Waals surface area contributed by atoms with Crippen LogP contribution in [0.3, 0.4) is 0 Å². The molecular formula is C9H20O4. The van der Waals surface area contributed by atoms with Crippen molar-refractivity contribution in [3.63, 3.8) is 0 Å². The summed E-state index contributed by atoms with van der Waals surface area (Å²) in [6.07, 6.45) is 0.138. The Bertz CT molecular complexity index is 95.8.